The standard InChI is InChI=1S/C21H25N3O3/c1-3-17-8-4-5-12-24(17)21(26)19-13-15(10-11-22-19)20(25)23-16-7-6-9-18(14-16)27-2/h6-7,9-11,13-14,17H,3-5,8,12H2,1-2H3,(H,23,25). The molecule has 2 heterocycles. The van der Waals surface area contributed by atoms with E-state index < -0.39 is 0 Å². The van der Waals surface area contributed by atoms with Gasteiger partial charge in [0.1, 0.15) is 11.4 Å². The zero-order valence-electron chi connectivity index (χ0n) is 15.8. The Hall–Kier alpha value is -2.89. The Balaban J connectivity index is 1.76. The van der Waals surface area contributed by atoms with Gasteiger partial charge in [-0.1, -0.05) is 13.0 Å². The van der Waals surface area contributed by atoms with E-state index >= 15 is 0 Å². The lowest BCUT2D eigenvalue weighted by atomic mass is 9.99. The minimum absolute atomic E-state index is 0.0995. The van der Waals surface area contributed by atoms with Gasteiger partial charge in [-0.2, -0.15) is 0 Å². The number of pyridine rings is 1. The molecule has 1 fully saturated rings. The number of methoxy groups -OCH3 is 1. The summed E-state index contributed by atoms with van der Waals surface area (Å²) in [5.74, 6) is 0.275. The van der Waals surface area contributed by atoms with Gasteiger partial charge in [0.2, 0.25) is 0 Å². The fourth-order valence-corrected chi connectivity index (χ4v) is 3.43. The molecule has 2 aromatic rings. The molecule has 1 aromatic heterocycles. The fraction of sp³-hybridized carbons (Fsp3) is 0.381. The predicted octanol–water partition coefficient (Wildman–Crippen LogP) is 3.75. The number of hydrogen-bond acceptors (Lipinski definition) is 4. The Morgan fingerprint density at radius 1 is 1.26 bits per heavy atom. The third-order valence-corrected chi connectivity index (χ3v) is 4.93. The van der Waals surface area contributed by atoms with Crippen LogP contribution in [0.4, 0.5) is 5.69 Å². The Morgan fingerprint density at radius 2 is 2.11 bits per heavy atom. The Bertz CT molecular complexity index is 822. The van der Waals surface area contributed by atoms with E-state index in [0.29, 0.717) is 22.7 Å². The van der Waals surface area contributed by atoms with Crippen molar-refractivity contribution in [3.8, 4) is 5.75 Å². The maximum Gasteiger partial charge on any atom is 0.272 e. The first-order chi connectivity index (χ1) is 13.1. The van der Waals surface area contributed by atoms with Crippen LogP contribution < -0.4 is 10.1 Å². The molecule has 1 aromatic carbocycles. The number of ether oxygens (including phenoxy) is 1. The summed E-state index contributed by atoms with van der Waals surface area (Å²) in [5, 5.41) is 2.83. The molecule has 0 spiro atoms. The highest BCUT2D eigenvalue weighted by atomic mass is 16.5. The summed E-state index contributed by atoms with van der Waals surface area (Å²) < 4.78 is 5.17. The molecule has 142 valence electrons. The van der Waals surface area contributed by atoms with Gasteiger partial charge in [-0.15, -0.1) is 0 Å². The number of anilines is 1. The number of benzene rings is 1. The molecule has 0 saturated carbocycles. The van der Waals surface area contributed by atoms with E-state index in [0.717, 1.165) is 32.2 Å². The summed E-state index contributed by atoms with van der Waals surface area (Å²) in [4.78, 5) is 31.6. The molecular weight excluding hydrogens is 342 g/mol. The van der Waals surface area contributed by atoms with Crippen molar-refractivity contribution in [2.45, 2.75) is 38.6 Å². The van der Waals surface area contributed by atoms with Gasteiger partial charge in [-0.3, -0.25) is 14.6 Å². The first kappa shape index (κ1) is 18.9. The van der Waals surface area contributed by atoms with Gasteiger partial charge in [0, 0.05) is 36.1 Å². The second-order valence-electron chi connectivity index (χ2n) is 6.67. The molecule has 1 saturated heterocycles. The molecule has 0 radical (unpaired) electrons. The number of piperidine rings is 1. The number of carbonyl (C=O) groups is 2. The fourth-order valence-electron chi connectivity index (χ4n) is 3.43. The highest BCUT2D eigenvalue weighted by Crippen LogP contribution is 2.22. The molecule has 6 nitrogen and oxygen atoms in total. The van der Waals surface area contributed by atoms with E-state index in [2.05, 4.69) is 17.2 Å². The van der Waals surface area contributed by atoms with Crippen LogP contribution in [0.5, 0.6) is 5.75 Å². The minimum Gasteiger partial charge on any atom is -0.497 e. The SMILES string of the molecule is CCC1CCCCN1C(=O)c1cc(C(=O)Nc2cccc(OC)c2)ccn1. The van der Waals surface area contributed by atoms with Crippen LogP contribution in [-0.2, 0) is 0 Å². The van der Waals surface area contributed by atoms with E-state index in [9.17, 15) is 9.59 Å². The van der Waals surface area contributed by atoms with Crippen molar-refractivity contribution < 1.29 is 14.3 Å². The summed E-state index contributed by atoms with van der Waals surface area (Å²) in [5.41, 5.74) is 1.35. The molecular formula is C21H25N3O3. The van der Waals surface area contributed by atoms with Gasteiger partial charge in [0.15, 0.2) is 0 Å². The zero-order valence-corrected chi connectivity index (χ0v) is 15.8. The van der Waals surface area contributed by atoms with Crippen molar-refractivity contribution in [2.75, 3.05) is 19.0 Å². The third kappa shape index (κ3) is 4.45. The van der Waals surface area contributed by atoms with E-state index in [1.165, 1.54) is 6.20 Å². The average Bonchev–Trinajstić information content (AvgIpc) is 2.73. The number of rotatable bonds is 5. The van der Waals surface area contributed by atoms with Crippen LogP contribution in [0, 0.1) is 0 Å². The number of nitrogens with zero attached hydrogens (tertiary/aromatic N) is 2. The van der Waals surface area contributed by atoms with Crippen LogP contribution in [0.15, 0.2) is 42.6 Å². The Morgan fingerprint density at radius 3 is 2.89 bits per heavy atom. The highest BCUT2D eigenvalue weighted by molar-refractivity contribution is 6.05. The van der Waals surface area contributed by atoms with Gasteiger partial charge in [-0.25, -0.2) is 0 Å². The van der Waals surface area contributed by atoms with Crippen LogP contribution in [0.3, 0.4) is 0 Å². The van der Waals surface area contributed by atoms with Crippen molar-refractivity contribution in [3.05, 3.63) is 53.9 Å². The molecule has 27 heavy (non-hydrogen) atoms. The van der Waals surface area contributed by atoms with Gasteiger partial charge < -0.3 is 15.0 Å². The maximum atomic E-state index is 12.9. The van der Waals surface area contributed by atoms with Crippen LogP contribution in [0.25, 0.3) is 0 Å². The predicted molar refractivity (Wildman–Crippen MR) is 104 cm³/mol. The summed E-state index contributed by atoms with van der Waals surface area (Å²) in [6.45, 7) is 2.85. The number of likely N-dealkylation sites (tertiary alicyclic amines) is 1. The molecule has 1 aliphatic rings. The smallest absolute Gasteiger partial charge is 0.272 e. The molecule has 3 rings (SSSR count). The van der Waals surface area contributed by atoms with Gasteiger partial charge >= 0.3 is 0 Å². The summed E-state index contributed by atoms with van der Waals surface area (Å²) in [6, 6.07) is 10.6. The quantitative estimate of drug-likeness (QED) is 0.874. The highest BCUT2D eigenvalue weighted by Gasteiger charge is 2.27. The van der Waals surface area contributed by atoms with Crippen LogP contribution in [-0.4, -0.2) is 41.4 Å². The lowest BCUT2D eigenvalue weighted by molar-refractivity contribution is 0.0602. The Labute approximate surface area is 159 Å². The van der Waals surface area contributed by atoms with Crippen LogP contribution in [0.1, 0.15) is 53.5 Å². The molecule has 1 unspecified atom stereocenters. The third-order valence-electron chi connectivity index (χ3n) is 4.93. The molecule has 0 aliphatic carbocycles. The van der Waals surface area contributed by atoms with E-state index in [1.54, 1.807) is 37.4 Å². The van der Waals surface area contributed by atoms with Gasteiger partial charge in [0.05, 0.1) is 7.11 Å². The molecule has 1 N–H and O–H groups in total. The largest absolute Gasteiger partial charge is 0.497 e. The molecule has 0 bridgehead atoms. The van der Waals surface area contributed by atoms with Crippen molar-refractivity contribution in [2.24, 2.45) is 0 Å². The van der Waals surface area contributed by atoms with E-state index in [4.69, 9.17) is 4.74 Å². The van der Waals surface area contributed by atoms with Gasteiger partial charge in [-0.05, 0) is 49.9 Å². The first-order valence-electron chi connectivity index (χ1n) is 9.34. The summed E-state index contributed by atoms with van der Waals surface area (Å²) in [7, 11) is 1.58. The number of nitrogens with one attached hydrogen (secondary N) is 1. The molecule has 2 amide bonds. The lowest BCUT2D eigenvalue weighted by Gasteiger charge is -2.35. The number of aromatic nitrogens is 1. The second kappa shape index (κ2) is 8.66. The molecule has 6 heteroatoms. The van der Waals surface area contributed by atoms with Crippen molar-refractivity contribution in [3.63, 3.8) is 0 Å². The molecule has 1 aliphatic heterocycles. The van der Waals surface area contributed by atoms with E-state index in [1.807, 2.05) is 11.0 Å². The molecule has 1 atom stereocenters. The van der Waals surface area contributed by atoms with E-state index in [-0.39, 0.29) is 17.9 Å². The van der Waals surface area contributed by atoms with Crippen LogP contribution >= 0.6 is 0 Å². The summed E-state index contributed by atoms with van der Waals surface area (Å²) >= 11 is 0. The number of carbonyl (C=O) groups excluding carboxylic acids is 2. The number of hydrogen-bond donors (Lipinski definition) is 1. The van der Waals surface area contributed by atoms with Crippen molar-refractivity contribution >= 4 is 17.5 Å². The second-order valence-corrected chi connectivity index (χ2v) is 6.67. The first-order valence-corrected chi connectivity index (χ1v) is 9.34. The maximum absolute atomic E-state index is 12.9. The minimum atomic E-state index is -0.287. The Kier molecular flexibility index (Phi) is 6.06. The normalized spacial score (nSPS) is 16.7. The van der Waals surface area contributed by atoms with Crippen molar-refractivity contribution in [1.29, 1.82) is 0 Å². The van der Waals surface area contributed by atoms with Crippen molar-refractivity contribution in [1.82, 2.24) is 9.88 Å². The lowest BCUT2D eigenvalue weighted by Crippen LogP contribution is -2.43. The monoisotopic (exact) mass is 367 g/mol. The zero-order chi connectivity index (χ0) is 19.2. The number of amides is 2. The van der Waals surface area contributed by atoms with Gasteiger partial charge in [0.25, 0.3) is 11.8 Å². The van der Waals surface area contributed by atoms with Crippen LogP contribution in [0.2, 0.25) is 0 Å². The summed E-state index contributed by atoms with van der Waals surface area (Å²) in [6.07, 6.45) is 5.63. The topological polar surface area (TPSA) is 71.5 Å². The average molecular weight is 367 g/mol.